The Hall–Kier alpha value is -1.31. The molecule has 0 bridgehead atoms. The monoisotopic (exact) mass is 136 g/mol. The molecule has 0 saturated heterocycles. The highest BCUT2D eigenvalue weighted by Crippen LogP contribution is 2.16. The average molecular weight is 136 g/mol. The summed E-state index contributed by atoms with van der Waals surface area (Å²) in [6, 6.07) is 0. The summed E-state index contributed by atoms with van der Waals surface area (Å²) < 4.78 is 0. The van der Waals surface area contributed by atoms with Crippen molar-refractivity contribution in [2.75, 3.05) is 0 Å². The lowest BCUT2D eigenvalue weighted by Gasteiger charge is -2.02. The molecular formula is C8H8O2. The summed E-state index contributed by atoms with van der Waals surface area (Å²) in [5.41, 5.74) is 0.227. The third-order valence-electron chi connectivity index (χ3n) is 1.43. The van der Waals surface area contributed by atoms with Gasteiger partial charge in [0.25, 0.3) is 0 Å². The molecule has 0 saturated carbocycles. The van der Waals surface area contributed by atoms with Crippen LogP contribution in [0, 0.1) is 5.92 Å². The van der Waals surface area contributed by atoms with Gasteiger partial charge in [-0.05, 0) is 0 Å². The quantitative estimate of drug-likeness (QED) is 0.582. The first kappa shape index (κ1) is 6.81. The molecule has 0 radical (unpaired) electrons. The predicted octanol–water partition coefficient (Wildman–Crippen LogP) is 1.37. The number of carboxylic acids is 1. The third kappa shape index (κ3) is 1.16. The highest BCUT2D eigenvalue weighted by molar-refractivity contribution is 5.87. The smallest absolute Gasteiger partial charge is 0.331 e. The molecule has 2 heteroatoms. The Bertz CT molecular complexity index is 211. The van der Waals surface area contributed by atoms with Crippen molar-refractivity contribution in [3.05, 3.63) is 36.5 Å². The molecule has 0 amide bonds. The largest absolute Gasteiger partial charge is 0.478 e. The van der Waals surface area contributed by atoms with Crippen LogP contribution < -0.4 is 0 Å². The molecule has 0 heterocycles. The fraction of sp³-hybridized carbons (Fsp3) is 0.125. The highest BCUT2D eigenvalue weighted by Gasteiger charge is 2.13. The Balaban J connectivity index is 2.67. The predicted molar refractivity (Wildman–Crippen MR) is 38.5 cm³/mol. The number of hydrogen-bond donors (Lipinski definition) is 1. The molecule has 1 aliphatic rings. The van der Waals surface area contributed by atoms with Crippen molar-refractivity contribution in [3.63, 3.8) is 0 Å². The Morgan fingerprint density at radius 3 is 2.30 bits per heavy atom. The van der Waals surface area contributed by atoms with E-state index in [0.717, 1.165) is 0 Å². The number of rotatable bonds is 2. The fourth-order valence-corrected chi connectivity index (χ4v) is 0.807. The van der Waals surface area contributed by atoms with Crippen molar-refractivity contribution in [3.8, 4) is 0 Å². The molecule has 10 heavy (non-hydrogen) atoms. The topological polar surface area (TPSA) is 37.3 Å². The third-order valence-corrected chi connectivity index (χ3v) is 1.43. The van der Waals surface area contributed by atoms with Crippen molar-refractivity contribution in [2.24, 2.45) is 5.92 Å². The molecule has 2 nitrogen and oxygen atoms in total. The van der Waals surface area contributed by atoms with E-state index >= 15 is 0 Å². The molecule has 0 unspecified atom stereocenters. The molecule has 1 aliphatic carbocycles. The minimum absolute atomic E-state index is 0.0995. The summed E-state index contributed by atoms with van der Waals surface area (Å²) in [7, 11) is 0. The van der Waals surface area contributed by atoms with E-state index < -0.39 is 5.97 Å². The van der Waals surface area contributed by atoms with Crippen LogP contribution in [0.2, 0.25) is 0 Å². The van der Waals surface area contributed by atoms with Gasteiger partial charge in [0.15, 0.2) is 0 Å². The maximum absolute atomic E-state index is 10.3. The Morgan fingerprint density at radius 1 is 1.40 bits per heavy atom. The summed E-state index contributed by atoms with van der Waals surface area (Å²) in [4.78, 5) is 10.3. The average Bonchev–Trinajstić information content (AvgIpc) is 2.36. The van der Waals surface area contributed by atoms with E-state index in [2.05, 4.69) is 6.58 Å². The molecule has 0 aromatic rings. The number of carbonyl (C=O) groups is 1. The van der Waals surface area contributed by atoms with Crippen molar-refractivity contribution in [1.29, 1.82) is 0 Å². The van der Waals surface area contributed by atoms with Crippen LogP contribution in [0.15, 0.2) is 36.5 Å². The van der Waals surface area contributed by atoms with Crippen LogP contribution in [-0.2, 0) is 4.79 Å². The lowest BCUT2D eigenvalue weighted by molar-refractivity contribution is -0.132. The van der Waals surface area contributed by atoms with Gasteiger partial charge in [0.1, 0.15) is 0 Å². The normalized spacial score (nSPS) is 16.0. The van der Waals surface area contributed by atoms with Crippen LogP contribution >= 0.6 is 0 Å². The first-order valence-electron chi connectivity index (χ1n) is 2.99. The van der Waals surface area contributed by atoms with E-state index in [0.29, 0.717) is 0 Å². The highest BCUT2D eigenvalue weighted by atomic mass is 16.4. The maximum atomic E-state index is 10.3. The van der Waals surface area contributed by atoms with Gasteiger partial charge >= 0.3 is 5.97 Å². The van der Waals surface area contributed by atoms with Gasteiger partial charge in [-0.15, -0.1) is 0 Å². The van der Waals surface area contributed by atoms with E-state index in [1.165, 1.54) is 0 Å². The van der Waals surface area contributed by atoms with Crippen LogP contribution in [0.1, 0.15) is 0 Å². The van der Waals surface area contributed by atoms with Gasteiger partial charge < -0.3 is 5.11 Å². The van der Waals surface area contributed by atoms with Crippen molar-refractivity contribution in [1.82, 2.24) is 0 Å². The van der Waals surface area contributed by atoms with Crippen LogP contribution in [0.3, 0.4) is 0 Å². The zero-order chi connectivity index (χ0) is 7.56. The lowest BCUT2D eigenvalue weighted by atomic mass is 10.0. The van der Waals surface area contributed by atoms with Crippen LogP contribution in [-0.4, -0.2) is 11.1 Å². The SMILES string of the molecule is C=C(C(=O)O)C1C=CC=C1. The first-order chi connectivity index (χ1) is 4.72. The Labute approximate surface area is 59.2 Å². The van der Waals surface area contributed by atoms with Gasteiger partial charge in [-0.2, -0.15) is 0 Å². The van der Waals surface area contributed by atoms with Crippen molar-refractivity contribution >= 4 is 5.97 Å². The molecule has 52 valence electrons. The van der Waals surface area contributed by atoms with E-state index in [1.54, 1.807) is 12.2 Å². The number of aliphatic carboxylic acids is 1. The zero-order valence-corrected chi connectivity index (χ0v) is 5.45. The molecule has 0 spiro atoms. The molecule has 1 rings (SSSR count). The molecule has 0 aliphatic heterocycles. The maximum Gasteiger partial charge on any atom is 0.331 e. The minimum Gasteiger partial charge on any atom is -0.478 e. The standard InChI is InChI=1S/C8H8O2/c1-6(8(9)10)7-4-2-3-5-7/h2-5,7H,1H2,(H,9,10). The van der Waals surface area contributed by atoms with Crippen LogP contribution in [0.4, 0.5) is 0 Å². The summed E-state index contributed by atoms with van der Waals surface area (Å²) in [5, 5.41) is 8.48. The van der Waals surface area contributed by atoms with Gasteiger partial charge in [-0.25, -0.2) is 4.79 Å². The van der Waals surface area contributed by atoms with Gasteiger partial charge in [-0.1, -0.05) is 30.9 Å². The van der Waals surface area contributed by atoms with Gasteiger partial charge in [0.2, 0.25) is 0 Å². The van der Waals surface area contributed by atoms with E-state index in [1.807, 2.05) is 12.2 Å². The first-order valence-corrected chi connectivity index (χ1v) is 2.99. The second-order valence-electron chi connectivity index (χ2n) is 2.13. The zero-order valence-electron chi connectivity index (χ0n) is 5.45. The summed E-state index contributed by atoms with van der Waals surface area (Å²) >= 11 is 0. The van der Waals surface area contributed by atoms with Crippen molar-refractivity contribution < 1.29 is 9.90 Å². The Morgan fingerprint density at radius 2 is 1.90 bits per heavy atom. The minimum atomic E-state index is -0.929. The Kier molecular flexibility index (Phi) is 1.71. The van der Waals surface area contributed by atoms with Crippen LogP contribution in [0.5, 0.6) is 0 Å². The van der Waals surface area contributed by atoms with E-state index in [4.69, 9.17) is 5.11 Å². The molecule has 0 aromatic carbocycles. The number of carboxylic acid groups (broad SMARTS) is 1. The second kappa shape index (κ2) is 2.52. The second-order valence-corrected chi connectivity index (χ2v) is 2.13. The van der Waals surface area contributed by atoms with E-state index in [9.17, 15) is 4.79 Å². The molecule has 0 aromatic heterocycles. The molecule has 1 N–H and O–H groups in total. The summed E-state index contributed by atoms with van der Waals surface area (Å²) in [6.45, 7) is 3.43. The van der Waals surface area contributed by atoms with Gasteiger partial charge in [0.05, 0.1) is 0 Å². The molecular weight excluding hydrogens is 128 g/mol. The molecule has 0 fully saturated rings. The summed E-state index contributed by atoms with van der Waals surface area (Å²) in [5.74, 6) is -1.03. The van der Waals surface area contributed by atoms with Gasteiger partial charge in [-0.3, -0.25) is 0 Å². The molecule has 0 atom stereocenters. The van der Waals surface area contributed by atoms with Crippen molar-refractivity contribution in [2.45, 2.75) is 0 Å². The number of allylic oxidation sites excluding steroid dienone is 4. The van der Waals surface area contributed by atoms with Gasteiger partial charge in [0, 0.05) is 11.5 Å². The van der Waals surface area contributed by atoms with Crippen LogP contribution in [0.25, 0.3) is 0 Å². The van der Waals surface area contributed by atoms with E-state index in [-0.39, 0.29) is 11.5 Å². The fourth-order valence-electron chi connectivity index (χ4n) is 0.807. The summed E-state index contributed by atoms with van der Waals surface area (Å²) in [6.07, 6.45) is 7.24. The lowest BCUT2D eigenvalue weighted by Crippen LogP contribution is -2.05. The number of hydrogen-bond acceptors (Lipinski definition) is 1.